The quantitative estimate of drug-likeness (QED) is 0.897. The number of aryl methyl sites for hydroxylation is 1. The van der Waals surface area contributed by atoms with Crippen molar-refractivity contribution in [2.24, 2.45) is 0 Å². The van der Waals surface area contributed by atoms with Gasteiger partial charge in [-0.25, -0.2) is 4.98 Å². The smallest absolute Gasteiger partial charge is 0.257 e. The summed E-state index contributed by atoms with van der Waals surface area (Å²) in [7, 11) is 0. The molecular formula is C14H16ClN3OS. The number of carbonyl (C=O) groups excluding carboxylic acids is 1. The first-order chi connectivity index (χ1) is 9.22. The zero-order valence-corrected chi connectivity index (χ0v) is 12.7. The van der Waals surface area contributed by atoms with Crippen LogP contribution in [0.3, 0.4) is 0 Å². The van der Waals surface area contributed by atoms with Gasteiger partial charge in [-0.3, -0.25) is 10.1 Å². The lowest BCUT2D eigenvalue weighted by molar-refractivity contribution is 0.102. The topological polar surface area (TPSA) is 54.0 Å². The maximum atomic E-state index is 12.1. The fraction of sp³-hybridized carbons (Fsp3) is 0.286. The third-order valence-electron chi connectivity index (χ3n) is 3.20. The summed E-state index contributed by atoms with van der Waals surface area (Å²) in [4.78, 5) is 17.4. The predicted molar refractivity (Wildman–Crippen MR) is 83.9 cm³/mol. The van der Waals surface area contributed by atoms with Crippen LogP contribution >= 0.6 is 23.7 Å². The number of anilines is 1. The fourth-order valence-electron chi connectivity index (χ4n) is 2.20. The molecule has 0 fully saturated rings. The molecule has 1 aromatic heterocycles. The van der Waals surface area contributed by atoms with Crippen LogP contribution in [-0.4, -0.2) is 17.4 Å². The van der Waals surface area contributed by atoms with Crippen molar-refractivity contribution in [3.05, 3.63) is 46.0 Å². The number of hydrogen-bond donors (Lipinski definition) is 2. The van der Waals surface area contributed by atoms with Crippen LogP contribution in [0.15, 0.2) is 24.4 Å². The lowest BCUT2D eigenvalue weighted by Gasteiger charge is -2.17. The summed E-state index contributed by atoms with van der Waals surface area (Å²) in [5.74, 6) is -0.0873. The van der Waals surface area contributed by atoms with Crippen molar-refractivity contribution < 1.29 is 4.79 Å². The van der Waals surface area contributed by atoms with Crippen LogP contribution in [-0.2, 0) is 13.0 Å². The van der Waals surface area contributed by atoms with Crippen LogP contribution in [0.1, 0.15) is 26.4 Å². The number of thiazole rings is 1. The molecule has 6 heteroatoms. The van der Waals surface area contributed by atoms with E-state index >= 15 is 0 Å². The molecule has 0 unspecified atom stereocenters. The van der Waals surface area contributed by atoms with E-state index in [0.717, 1.165) is 24.4 Å². The molecule has 106 valence electrons. The molecule has 2 N–H and O–H groups in total. The van der Waals surface area contributed by atoms with E-state index in [1.165, 1.54) is 22.5 Å². The monoisotopic (exact) mass is 309 g/mol. The second-order valence-electron chi connectivity index (χ2n) is 4.64. The Morgan fingerprint density at radius 2 is 2.25 bits per heavy atom. The van der Waals surface area contributed by atoms with Crippen molar-refractivity contribution in [1.82, 2.24) is 10.3 Å². The number of fused-ring (bicyclic) bond motifs is 1. The molecule has 1 aliphatic heterocycles. The Labute approximate surface area is 128 Å². The number of carbonyl (C=O) groups is 1. The van der Waals surface area contributed by atoms with Crippen LogP contribution in [0.25, 0.3) is 0 Å². The molecule has 0 aliphatic carbocycles. The van der Waals surface area contributed by atoms with Crippen molar-refractivity contribution in [1.29, 1.82) is 0 Å². The minimum absolute atomic E-state index is 0. The summed E-state index contributed by atoms with van der Waals surface area (Å²) in [6.45, 7) is 3.84. The number of amides is 1. The number of nitrogens with one attached hydrogen (secondary N) is 2. The molecule has 2 heterocycles. The molecule has 0 saturated carbocycles. The van der Waals surface area contributed by atoms with E-state index in [1.54, 1.807) is 6.20 Å². The van der Waals surface area contributed by atoms with Gasteiger partial charge >= 0.3 is 0 Å². The van der Waals surface area contributed by atoms with Gasteiger partial charge in [-0.15, -0.1) is 23.7 Å². The molecule has 1 aliphatic rings. The van der Waals surface area contributed by atoms with Gasteiger partial charge in [-0.1, -0.05) is 6.07 Å². The van der Waals surface area contributed by atoms with Gasteiger partial charge < -0.3 is 5.32 Å². The van der Waals surface area contributed by atoms with Crippen LogP contribution in [0.2, 0.25) is 0 Å². The van der Waals surface area contributed by atoms with E-state index in [9.17, 15) is 4.79 Å². The summed E-state index contributed by atoms with van der Waals surface area (Å²) < 4.78 is 0. The van der Waals surface area contributed by atoms with E-state index in [0.29, 0.717) is 10.7 Å². The molecule has 1 amide bonds. The Kier molecular flexibility index (Phi) is 4.75. The van der Waals surface area contributed by atoms with Gasteiger partial charge in [0.25, 0.3) is 5.91 Å². The highest BCUT2D eigenvalue weighted by molar-refractivity contribution is 7.15. The zero-order chi connectivity index (χ0) is 13.2. The lowest BCUT2D eigenvalue weighted by atomic mass is 9.98. The molecule has 0 saturated heterocycles. The average molecular weight is 310 g/mol. The molecule has 3 rings (SSSR count). The maximum Gasteiger partial charge on any atom is 0.257 e. The molecule has 0 atom stereocenters. The Morgan fingerprint density at radius 1 is 1.40 bits per heavy atom. The molecule has 0 bridgehead atoms. The number of aromatic nitrogens is 1. The van der Waals surface area contributed by atoms with Gasteiger partial charge in [-0.05, 0) is 43.1 Å². The second kappa shape index (κ2) is 6.35. The number of hydrogen-bond acceptors (Lipinski definition) is 4. The van der Waals surface area contributed by atoms with Crippen molar-refractivity contribution in [2.75, 3.05) is 11.9 Å². The van der Waals surface area contributed by atoms with Gasteiger partial charge in [0.2, 0.25) is 0 Å². The van der Waals surface area contributed by atoms with Gasteiger partial charge in [0, 0.05) is 23.2 Å². The third kappa shape index (κ3) is 3.17. The highest BCUT2D eigenvalue weighted by atomic mass is 35.5. The molecule has 0 spiro atoms. The second-order valence-corrected chi connectivity index (χ2v) is 5.88. The third-order valence-corrected chi connectivity index (χ3v) is 4.02. The van der Waals surface area contributed by atoms with Gasteiger partial charge in [0.1, 0.15) is 0 Å². The van der Waals surface area contributed by atoms with Crippen LogP contribution < -0.4 is 10.6 Å². The fourth-order valence-corrected chi connectivity index (χ4v) is 2.86. The summed E-state index contributed by atoms with van der Waals surface area (Å²) in [6, 6.07) is 5.90. The van der Waals surface area contributed by atoms with Gasteiger partial charge in [0.05, 0.1) is 0 Å². The predicted octanol–water partition coefficient (Wildman–Crippen LogP) is 2.77. The Morgan fingerprint density at radius 3 is 3.00 bits per heavy atom. The molecule has 20 heavy (non-hydrogen) atoms. The van der Waals surface area contributed by atoms with E-state index in [4.69, 9.17) is 0 Å². The molecule has 1 aromatic carbocycles. The standard InChI is InChI=1S/C14H15N3OS.ClH/c1-9-7-16-14(19-9)17-13(18)11-2-3-12-8-15-5-4-10(12)6-11;/h2-3,6-7,15H,4-5,8H2,1H3,(H,16,17,18);1H. The first-order valence-corrected chi connectivity index (χ1v) is 7.10. The van der Waals surface area contributed by atoms with E-state index in [2.05, 4.69) is 15.6 Å². The van der Waals surface area contributed by atoms with E-state index < -0.39 is 0 Å². The van der Waals surface area contributed by atoms with Crippen molar-refractivity contribution >= 4 is 34.8 Å². The van der Waals surface area contributed by atoms with Crippen molar-refractivity contribution in [3.8, 4) is 0 Å². The minimum atomic E-state index is -0.0873. The SMILES string of the molecule is Cc1cnc(NC(=O)c2ccc3c(c2)CCNC3)s1.Cl. The molecule has 4 nitrogen and oxygen atoms in total. The number of nitrogens with zero attached hydrogens (tertiary/aromatic N) is 1. The van der Waals surface area contributed by atoms with Crippen LogP contribution in [0.5, 0.6) is 0 Å². The minimum Gasteiger partial charge on any atom is -0.312 e. The first-order valence-electron chi connectivity index (χ1n) is 6.29. The molecule has 0 radical (unpaired) electrons. The highest BCUT2D eigenvalue weighted by Crippen LogP contribution is 2.19. The van der Waals surface area contributed by atoms with Crippen LogP contribution in [0, 0.1) is 6.92 Å². The molecule has 2 aromatic rings. The first kappa shape index (κ1) is 15.0. The maximum absolute atomic E-state index is 12.1. The Balaban J connectivity index is 0.00000147. The van der Waals surface area contributed by atoms with Crippen molar-refractivity contribution in [3.63, 3.8) is 0 Å². The van der Waals surface area contributed by atoms with Crippen molar-refractivity contribution in [2.45, 2.75) is 19.9 Å². The average Bonchev–Trinajstić information content (AvgIpc) is 2.83. The zero-order valence-electron chi connectivity index (χ0n) is 11.1. The normalized spacial score (nSPS) is 13.2. The lowest BCUT2D eigenvalue weighted by Crippen LogP contribution is -2.24. The molecular weight excluding hydrogens is 294 g/mol. The van der Waals surface area contributed by atoms with E-state index in [-0.39, 0.29) is 18.3 Å². The number of benzene rings is 1. The number of halogens is 1. The Bertz CT molecular complexity index is 627. The van der Waals surface area contributed by atoms with Gasteiger partial charge in [-0.2, -0.15) is 0 Å². The summed E-state index contributed by atoms with van der Waals surface area (Å²) in [5.41, 5.74) is 3.25. The van der Waals surface area contributed by atoms with Crippen LogP contribution in [0.4, 0.5) is 5.13 Å². The van der Waals surface area contributed by atoms with E-state index in [1.807, 2.05) is 25.1 Å². The van der Waals surface area contributed by atoms with Gasteiger partial charge in [0.15, 0.2) is 5.13 Å². The summed E-state index contributed by atoms with van der Waals surface area (Å²) in [5, 5.41) is 6.82. The summed E-state index contributed by atoms with van der Waals surface area (Å²) in [6.07, 6.45) is 2.74. The number of rotatable bonds is 2. The Hall–Kier alpha value is -1.43. The summed E-state index contributed by atoms with van der Waals surface area (Å²) >= 11 is 1.49. The highest BCUT2D eigenvalue weighted by Gasteiger charge is 2.13. The largest absolute Gasteiger partial charge is 0.312 e.